The number of aromatic nitrogens is 2. The van der Waals surface area contributed by atoms with Crippen molar-refractivity contribution in [3.8, 4) is 0 Å². The quantitative estimate of drug-likeness (QED) is 0.759. The van der Waals surface area contributed by atoms with E-state index in [9.17, 15) is 4.79 Å². The second-order valence-corrected chi connectivity index (χ2v) is 4.50. The Bertz CT molecular complexity index is 360. The SMILES string of the molecule is COC(=O)CCC(N)Cc1cnn(C(C)C)c1. The normalized spacial score (nSPS) is 12.8. The van der Waals surface area contributed by atoms with E-state index < -0.39 is 0 Å². The maximum Gasteiger partial charge on any atom is 0.305 e. The molecule has 0 aliphatic rings. The molecule has 5 heteroatoms. The van der Waals surface area contributed by atoms with E-state index in [0.29, 0.717) is 18.9 Å². The third-order valence-corrected chi connectivity index (χ3v) is 2.63. The third-order valence-electron chi connectivity index (χ3n) is 2.63. The van der Waals surface area contributed by atoms with Crippen molar-refractivity contribution in [2.24, 2.45) is 5.73 Å². The molecule has 1 atom stereocenters. The number of hydrogen-bond acceptors (Lipinski definition) is 4. The van der Waals surface area contributed by atoms with E-state index >= 15 is 0 Å². The molecule has 1 heterocycles. The highest BCUT2D eigenvalue weighted by atomic mass is 16.5. The van der Waals surface area contributed by atoms with Crippen molar-refractivity contribution in [3.05, 3.63) is 18.0 Å². The van der Waals surface area contributed by atoms with Crippen LogP contribution < -0.4 is 5.73 Å². The Labute approximate surface area is 102 Å². The van der Waals surface area contributed by atoms with Crippen molar-refractivity contribution in [2.45, 2.75) is 45.2 Å². The topological polar surface area (TPSA) is 70.1 Å². The van der Waals surface area contributed by atoms with E-state index in [-0.39, 0.29) is 12.0 Å². The Morgan fingerprint density at radius 3 is 2.82 bits per heavy atom. The molecule has 0 aliphatic carbocycles. The van der Waals surface area contributed by atoms with Gasteiger partial charge in [0.15, 0.2) is 0 Å². The van der Waals surface area contributed by atoms with Crippen LogP contribution in [-0.4, -0.2) is 28.9 Å². The van der Waals surface area contributed by atoms with E-state index in [1.54, 1.807) is 0 Å². The molecule has 0 amide bonds. The average Bonchev–Trinajstić information content (AvgIpc) is 2.74. The van der Waals surface area contributed by atoms with Crippen LogP contribution in [0.25, 0.3) is 0 Å². The molecule has 0 saturated carbocycles. The third kappa shape index (κ3) is 4.56. The number of esters is 1. The second-order valence-electron chi connectivity index (χ2n) is 4.50. The minimum absolute atomic E-state index is 0.0288. The molecule has 5 nitrogen and oxygen atoms in total. The fourth-order valence-electron chi connectivity index (χ4n) is 1.58. The molecule has 0 spiro atoms. The van der Waals surface area contributed by atoms with Gasteiger partial charge in [0, 0.05) is 24.7 Å². The Kier molecular flexibility index (Phi) is 5.15. The Hall–Kier alpha value is -1.36. The number of hydrogen-bond donors (Lipinski definition) is 1. The summed E-state index contributed by atoms with van der Waals surface area (Å²) in [4.78, 5) is 11.0. The van der Waals surface area contributed by atoms with Crippen molar-refractivity contribution in [3.63, 3.8) is 0 Å². The molecule has 17 heavy (non-hydrogen) atoms. The fraction of sp³-hybridized carbons (Fsp3) is 0.667. The summed E-state index contributed by atoms with van der Waals surface area (Å²) in [6.07, 6.45) is 5.58. The van der Waals surface area contributed by atoms with Gasteiger partial charge >= 0.3 is 5.97 Å². The lowest BCUT2D eigenvalue weighted by molar-refractivity contribution is -0.140. The van der Waals surface area contributed by atoms with Crippen LogP contribution in [0, 0.1) is 0 Å². The lowest BCUT2D eigenvalue weighted by Gasteiger charge is -2.09. The summed E-state index contributed by atoms with van der Waals surface area (Å²) in [5, 5.41) is 4.25. The minimum atomic E-state index is -0.210. The highest BCUT2D eigenvalue weighted by Gasteiger charge is 2.10. The zero-order chi connectivity index (χ0) is 12.8. The highest BCUT2D eigenvalue weighted by Crippen LogP contribution is 2.09. The molecular weight excluding hydrogens is 218 g/mol. The predicted molar refractivity (Wildman–Crippen MR) is 65.5 cm³/mol. The monoisotopic (exact) mass is 239 g/mol. The average molecular weight is 239 g/mol. The predicted octanol–water partition coefficient (Wildman–Crippen LogP) is 1.29. The number of ether oxygens (including phenoxy) is 1. The van der Waals surface area contributed by atoms with Gasteiger partial charge in [0.25, 0.3) is 0 Å². The summed E-state index contributed by atoms with van der Waals surface area (Å²) >= 11 is 0. The molecule has 0 fully saturated rings. The van der Waals surface area contributed by atoms with Crippen molar-refractivity contribution >= 4 is 5.97 Å². The number of carbonyl (C=O) groups excluding carboxylic acids is 1. The van der Waals surface area contributed by atoms with Crippen molar-refractivity contribution in [1.29, 1.82) is 0 Å². The molecule has 0 bridgehead atoms. The van der Waals surface area contributed by atoms with E-state index in [2.05, 4.69) is 23.7 Å². The van der Waals surface area contributed by atoms with E-state index in [4.69, 9.17) is 5.73 Å². The smallest absolute Gasteiger partial charge is 0.305 e. The second kappa shape index (κ2) is 6.39. The van der Waals surface area contributed by atoms with Crippen LogP contribution in [0.2, 0.25) is 0 Å². The first-order valence-corrected chi connectivity index (χ1v) is 5.88. The van der Waals surface area contributed by atoms with E-state index in [1.165, 1.54) is 7.11 Å². The van der Waals surface area contributed by atoms with Crippen LogP contribution in [0.5, 0.6) is 0 Å². The summed E-state index contributed by atoms with van der Waals surface area (Å²) in [7, 11) is 1.39. The van der Waals surface area contributed by atoms with Gasteiger partial charge in [-0.3, -0.25) is 9.48 Å². The standard InChI is InChI=1S/C12H21N3O2/c1-9(2)15-8-10(7-14-15)6-11(13)4-5-12(16)17-3/h7-9,11H,4-6,13H2,1-3H3. The summed E-state index contributed by atoms with van der Waals surface area (Å²) < 4.78 is 6.48. The molecule has 1 aromatic rings. The molecule has 2 N–H and O–H groups in total. The van der Waals surface area contributed by atoms with Crippen LogP contribution in [-0.2, 0) is 16.0 Å². The molecule has 1 aromatic heterocycles. The van der Waals surface area contributed by atoms with Crippen LogP contribution in [0.3, 0.4) is 0 Å². The van der Waals surface area contributed by atoms with Crippen LogP contribution in [0.1, 0.15) is 38.3 Å². The first-order chi connectivity index (χ1) is 8.02. The number of rotatable bonds is 6. The molecule has 0 aromatic carbocycles. The molecule has 1 unspecified atom stereocenters. The molecule has 0 saturated heterocycles. The van der Waals surface area contributed by atoms with Crippen molar-refractivity contribution < 1.29 is 9.53 Å². The van der Waals surface area contributed by atoms with Gasteiger partial charge in [0.1, 0.15) is 0 Å². The molecule has 0 radical (unpaired) electrons. The largest absolute Gasteiger partial charge is 0.469 e. The van der Waals surface area contributed by atoms with Gasteiger partial charge in [-0.1, -0.05) is 0 Å². The minimum Gasteiger partial charge on any atom is -0.469 e. The maximum absolute atomic E-state index is 11.0. The number of carbonyl (C=O) groups is 1. The zero-order valence-corrected chi connectivity index (χ0v) is 10.7. The highest BCUT2D eigenvalue weighted by molar-refractivity contribution is 5.69. The molecule has 1 rings (SSSR count). The lowest BCUT2D eigenvalue weighted by Crippen LogP contribution is -2.23. The van der Waals surface area contributed by atoms with Gasteiger partial charge in [-0.25, -0.2) is 0 Å². The van der Waals surface area contributed by atoms with Crippen LogP contribution >= 0.6 is 0 Å². The van der Waals surface area contributed by atoms with Gasteiger partial charge in [0.05, 0.1) is 13.3 Å². The number of nitrogens with two attached hydrogens (primary N) is 1. The van der Waals surface area contributed by atoms with E-state index in [0.717, 1.165) is 12.0 Å². The Balaban J connectivity index is 2.39. The number of nitrogens with zero attached hydrogens (tertiary/aromatic N) is 2. The summed E-state index contributed by atoms with van der Waals surface area (Å²) in [5.41, 5.74) is 7.06. The zero-order valence-electron chi connectivity index (χ0n) is 10.7. The molecule has 96 valence electrons. The first-order valence-electron chi connectivity index (χ1n) is 5.88. The van der Waals surface area contributed by atoms with Gasteiger partial charge in [-0.15, -0.1) is 0 Å². The first kappa shape index (κ1) is 13.7. The fourth-order valence-corrected chi connectivity index (χ4v) is 1.58. The van der Waals surface area contributed by atoms with Crippen LogP contribution in [0.4, 0.5) is 0 Å². The van der Waals surface area contributed by atoms with Crippen molar-refractivity contribution in [1.82, 2.24) is 9.78 Å². The Morgan fingerprint density at radius 1 is 1.59 bits per heavy atom. The molecule has 0 aliphatic heterocycles. The number of methoxy groups -OCH3 is 1. The summed E-state index contributed by atoms with van der Waals surface area (Å²) in [6.45, 7) is 4.15. The lowest BCUT2D eigenvalue weighted by atomic mass is 10.1. The van der Waals surface area contributed by atoms with Crippen LogP contribution in [0.15, 0.2) is 12.4 Å². The van der Waals surface area contributed by atoms with Crippen molar-refractivity contribution in [2.75, 3.05) is 7.11 Å². The van der Waals surface area contributed by atoms with Gasteiger partial charge in [-0.05, 0) is 32.3 Å². The molecular formula is C12H21N3O2. The van der Waals surface area contributed by atoms with E-state index in [1.807, 2.05) is 17.1 Å². The maximum atomic E-state index is 11.0. The van der Waals surface area contributed by atoms with Gasteiger partial charge in [-0.2, -0.15) is 5.10 Å². The Morgan fingerprint density at radius 2 is 2.29 bits per heavy atom. The van der Waals surface area contributed by atoms with Gasteiger partial charge < -0.3 is 10.5 Å². The summed E-state index contributed by atoms with van der Waals surface area (Å²) in [6, 6.07) is 0.328. The summed E-state index contributed by atoms with van der Waals surface area (Å²) in [5.74, 6) is -0.210. The van der Waals surface area contributed by atoms with Gasteiger partial charge in [0.2, 0.25) is 0 Å².